The van der Waals surface area contributed by atoms with Crippen molar-refractivity contribution in [2.75, 3.05) is 27.2 Å². The SMILES string of the molecule is CCC(C)(CCO)NC(=O)CN(C)C. The Morgan fingerprint density at radius 1 is 1.50 bits per heavy atom. The van der Waals surface area contributed by atoms with Crippen molar-refractivity contribution in [2.45, 2.75) is 32.2 Å². The largest absolute Gasteiger partial charge is 0.396 e. The lowest BCUT2D eigenvalue weighted by molar-refractivity contribution is -0.123. The maximum atomic E-state index is 11.5. The molecule has 1 amide bonds. The predicted molar refractivity (Wildman–Crippen MR) is 57.1 cm³/mol. The van der Waals surface area contributed by atoms with Crippen LogP contribution in [0.1, 0.15) is 26.7 Å². The minimum atomic E-state index is -0.276. The van der Waals surface area contributed by atoms with Gasteiger partial charge in [-0.25, -0.2) is 0 Å². The number of nitrogens with one attached hydrogen (secondary N) is 1. The van der Waals surface area contributed by atoms with Crippen LogP contribution in [0.15, 0.2) is 0 Å². The third-order valence-electron chi connectivity index (χ3n) is 2.34. The molecular formula is C10H22N2O2. The molecule has 0 aromatic rings. The van der Waals surface area contributed by atoms with E-state index < -0.39 is 0 Å². The predicted octanol–water partition coefficient (Wildman–Crippen LogP) is 0.215. The van der Waals surface area contributed by atoms with Crippen LogP contribution in [0.5, 0.6) is 0 Å². The van der Waals surface area contributed by atoms with Gasteiger partial charge in [-0.05, 0) is 33.9 Å². The quantitative estimate of drug-likeness (QED) is 0.647. The molecule has 14 heavy (non-hydrogen) atoms. The second kappa shape index (κ2) is 5.98. The van der Waals surface area contributed by atoms with E-state index in [0.717, 1.165) is 6.42 Å². The van der Waals surface area contributed by atoms with Gasteiger partial charge in [0.2, 0.25) is 5.91 Å². The van der Waals surface area contributed by atoms with Crippen molar-refractivity contribution in [3.05, 3.63) is 0 Å². The van der Waals surface area contributed by atoms with E-state index >= 15 is 0 Å². The van der Waals surface area contributed by atoms with Crippen LogP contribution in [0.2, 0.25) is 0 Å². The number of amides is 1. The van der Waals surface area contributed by atoms with Gasteiger partial charge >= 0.3 is 0 Å². The molecule has 0 bridgehead atoms. The summed E-state index contributed by atoms with van der Waals surface area (Å²) in [5.74, 6) is 0.00722. The van der Waals surface area contributed by atoms with E-state index in [1.807, 2.05) is 32.8 Å². The summed E-state index contributed by atoms with van der Waals surface area (Å²) in [6.07, 6.45) is 1.43. The summed E-state index contributed by atoms with van der Waals surface area (Å²) < 4.78 is 0. The van der Waals surface area contributed by atoms with Crippen molar-refractivity contribution >= 4 is 5.91 Å². The number of aliphatic hydroxyl groups excluding tert-OH is 1. The number of aliphatic hydroxyl groups is 1. The Hall–Kier alpha value is -0.610. The van der Waals surface area contributed by atoms with E-state index in [1.165, 1.54) is 0 Å². The van der Waals surface area contributed by atoms with Gasteiger partial charge in [-0.2, -0.15) is 0 Å². The topological polar surface area (TPSA) is 52.6 Å². The lowest BCUT2D eigenvalue weighted by Gasteiger charge is -2.29. The summed E-state index contributed by atoms with van der Waals surface area (Å²) in [5.41, 5.74) is -0.276. The lowest BCUT2D eigenvalue weighted by atomic mass is 9.95. The first-order chi connectivity index (χ1) is 6.43. The first-order valence-corrected chi connectivity index (χ1v) is 5.00. The average molecular weight is 202 g/mol. The first kappa shape index (κ1) is 13.4. The Labute approximate surface area is 86.3 Å². The van der Waals surface area contributed by atoms with Gasteiger partial charge in [-0.1, -0.05) is 6.92 Å². The fraction of sp³-hybridized carbons (Fsp3) is 0.900. The number of likely N-dealkylation sites (N-methyl/N-ethyl adjacent to an activating group) is 1. The minimum Gasteiger partial charge on any atom is -0.396 e. The number of nitrogens with zero attached hydrogens (tertiary/aromatic N) is 1. The zero-order valence-electron chi connectivity index (χ0n) is 9.63. The van der Waals surface area contributed by atoms with Crippen LogP contribution in [0, 0.1) is 0 Å². The molecule has 2 N–H and O–H groups in total. The third-order valence-corrected chi connectivity index (χ3v) is 2.34. The van der Waals surface area contributed by atoms with Gasteiger partial charge in [0.1, 0.15) is 0 Å². The maximum absolute atomic E-state index is 11.5. The molecule has 0 saturated heterocycles. The highest BCUT2D eigenvalue weighted by Gasteiger charge is 2.23. The minimum absolute atomic E-state index is 0.00722. The maximum Gasteiger partial charge on any atom is 0.234 e. The zero-order chi connectivity index (χ0) is 11.2. The van der Waals surface area contributed by atoms with Gasteiger partial charge in [0.15, 0.2) is 0 Å². The van der Waals surface area contributed by atoms with Crippen LogP contribution in [0.25, 0.3) is 0 Å². The first-order valence-electron chi connectivity index (χ1n) is 5.00. The van der Waals surface area contributed by atoms with E-state index in [4.69, 9.17) is 5.11 Å². The summed E-state index contributed by atoms with van der Waals surface area (Å²) >= 11 is 0. The number of rotatable bonds is 6. The van der Waals surface area contributed by atoms with Crippen LogP contribution in [0.3, 0.4) is 0 Å². The van der Waals surface area contributed by atoms with Gasteiger partial charge in [0.05, 0.1) is 6.54 Å². The molecule has 4 heteroatoms. The van der Waals surface area contributed by atoms with Crippen LogP contribution < -0.4 is 5.32 Å². The van der Waals surface area contributed by atoms with Crippen LogP contribution in [-0.2, 0) is 4.79 Å². The number of hydrogen-bond acceptors (Lipinski definition) is 3. The number of carbonyl (C=O) groups excluding carboxylic acids is 1. The van der Waals surface area contributed by atoms with E-state index in [9.17, 15) is 4.79 Å². The van der Waals surface area contributed by atoms with Crippen LogP contribution >= 0.6 is 0 Å². The van der Waals surface area contributed by atoms with Crippen LogP contribution in [-0.4, -0.2) is 48.7 Å². The Balaban J connectivity index is 4.10. The second-order valence-electron chi connectivity index (χ2n) is 4.17. The van der Waals surface area contributed by atoms with Gasteiger partial charge in [-0.3, -0.25) is 4.79 Å². The summed E-state index contributed by atoms with van der Waals surface area (Å²) in [5, 5.41) is 11.8. The molecule has 0 aliphatic rings. The highest BCUT2D eigenvalue weighted by Crippen LogP contribution is 2.13. The molecule has 0 aliphatic heterocycles. The molecule has 0 saturated carbocycles. The van der Waals surface area contributed by atoms with Gasteiger partial charge in [0.25, 0.3) is 0 Å². The second-order valence-corrected chi connectivity index (χ2v) is 4.17. The molecule has 4 nitrogen and oxygen atoms in total. The smallest absolute Gasteiger partial charge is 0.234 e. The Bertz CT molecular complexity index is 183. The Kier molecular flexibility index (Phi) is 5.72. The van der Waals surface area contributed by atoms with E-state index in [1.54, 1.807) is 0 Å². The molecule has 0 aliphatic carbocycles. The highest BCUT2D eigenvalue weighted by molar-refractivity contribution is 5.78. The molecule has 0 fully saturated rings. The van der Waals surface area contributed by atoms with Crippen LogP contribution in [0.4, 0.5) is 0 Å². The molecule has 0 spiro atoms. The highest BCUT2D eigenvalue weighted by atomic mass is 16.3. The summed E-state index contributed by atoms with van der Waals surface area (Å²) in [6.45, 7) is 4.45. The molecule has 0 rings (SSSR count). The summed E-state index contributed by atoms with van der Waals surface area (Å²) in [6, 6.07) is 0. The van der Waals surface area contributed by atoms with Crippen molar-refractivity contribution in [1.29, 1.82) is 0 Å². The van der Waals surface area contributed by atoms with E-state index in [0.29, 0.717) is 13.0 Å². The molecule has 0 aromatic heterocycles. The molecule has 84 valence electrons. The molecule has 1 unspecified atom stereocenters. The van der Waals surface area contributed by atoms with E-state index in [-0.39, 0.29) is 18.1 Å². The number of carbonyl (C=O) groups is 1. The standard InChI is InChI=1S/C10H22N2O2/c1-5-10(2,6-7-13)11-9(14)8-12(3)4/h13H,5-8H2,1-4H3,(H,11,14). The van der Waals surface area contributed by atoms with Gasteiger partial charge in [0, 0.05) is 12.1 Å². The zero-order valence-corrected chi connectivity index (χ0v) is 9.63. The Morgan fingerprint density at radius 2 is 2.07 bits per heavy atom. The van der Waals surface area contributed by atoms with Gasteiger partial charge in [-0.15, -0.1) is 0 Å². The summed E-state index contributed by atoms with van der Waals surface area (Å²) in [7, 11) is 3.71. The average Bonchev–Trinajstić information content (AvgIpc) is 2.02. The Morgan fingerprint density at radius 3 is 2.43 bits per heavy atom. The normalized spacial score (nSPS) is 15.3. The molecular weight excluding hydrogens is 180 g/mol. The summed E-state index contributed by atoms with van der Waals surface area (Å²) in [4.78, 5) is 13.3. The molecule has 0 aromatic carbocycles. The van der Waals surface area contributed by atoms with Gasteiger partial charge < -0.3 is 15.3 Å². The third kappa shape index (κ3) is 5.19. The van der Waals surface area contributed by atoms with Crippen molar-refractivity contribution in [3.63, 3.8) is 0 Å². The molecule has 0 radical (unpaired) electrons. The molecule has 0 heterocycles. The van der Waals surface area contributed by atoms with Crippen molar-refractivity contribution in [1.82, 2.24) is 10.2 Å². The van der Waals surface area contributed by atoms with E-state index in [2.05, 4.69) is 5.32 Å². The van der Waals surface area contributed by atoms with Crippen molar-refractivity contribution in [3.8, 4) is 0 Å². The number of hydrogen-bond donors (Lipinski definition) is 2. The molecule has 1 atom stereocenters. The fourth-order valence-electron chi connectivity index (χ4n) is 1.24. The fourth-order valence-corrected chi connectivity index (χ4v) is 1.24. The lowest BCUT2D eigenvalue weighted by Crippen LogP contribution is -2.48. The monoisotopic (exact) mass is 202 g/mol. The van der Waals surface area contributed by atoms with Crippen molar-refractivity contribution in [2.24, 2.45) is 0 Å². The van der Waals surface area contributed by atoms with Crippen molar-refractivity contribution < 1.29 is 9.90 Å².